The van der Waals surface area contributed by atoms with Crippen LogP contribution in [0.3, 0.4) is 0 Å². The van der Waals surface area contributed by atoms with Gasteiger partial charge in [0.15, 0.2) is 0 Å². The van der Waals surface area contributed by atoms with Gasteiger partial charge in [-0.2, -0.15) is 0 Å². The molecule has 1 nitrogen and oxygen atoms in total. The van der Waals surface area contributed by atoms with Crippen molar-refractivity contribution < 1.29 is 0 Å². The number of nitrogens with two attached hydrogens (primary N) is 1. The summed E-state index contributed by atoms with van der Waals surface area (Å²) < 4.78 is 0. The van der Waals surface area contributed by atoms with Gasteiger partial charge in [-0.3, -0.25) is 0 Å². The SMILES string of the molecule is NCCC(c1cccs1)c1cccs1. The van der Waals surface area contributed by atoms with Crippen molar-refractivity contribution in [2.45, 2.75) is 12.3 Å². The van der Waals surface area contributed by atoms with E-state index in [1.807, 2.05) is 22.7 Å². The summed E-state index contributed by atoms with van der Waals surface area (Å²) in [7, 11) is 0. The van der Waals surface area contributed by atoms with E-state index in [2.05, 4.69) is 35.0 Å². The van der Waals surface area contributed by atoms with Crippen molar-refractivity contribution in [1.82, 2.24) is 0 Å². The molecule has 0 radical (unpaired) electrons. The largest absolute Gasteiger partial charge is 0.330 e. The zero-order valence-electron chi connectivity index (χ0n) is 7.85. The van der Waals surface area contributed by atoms with Gasteiger partial charge in [-0.05, 0) is 35.9 Å². The van der Waals surface area contributed by atoms with Crippen molar-refractivity contribution in [2.75, 3.05) is 6.54 Å². The molecule has 0 saturated carbocycles. The highest BCUT2D eigenvalue weighted by atomic mass is 32.1. The molecule has 2 rings (SSSR count). The second kappa shape index (κ2) is 4.73. The Labute approximate surface area is 92.2 Å². The highest BCUT2D eigenvalue weighted by molar-refractivity contribution is 7.11. The van der Waals surface area contributed by atoms with Gasteiger partial charge in [-0.25, -0.2) is 0 Å². The van der Waals surface area contributed by atoms with Crippen LogP contribution in [-0.2, 0) is 0 Å². The second-order valence-corrected chi connectivity index (χ2v) is 5.12. The summed E-state index contributed by atoms with van der Waals surface area (Å²) >= 11 is 3.64. The Morgan fingerprint density at radius 3 is 2.00 bits per heavy atom. The molecular weight excluding hydrogens is 210 g/mol. The molecule has 2 aromatic rings. The van der Waals surface area contributed by atoms with Crippen molar-refractivity contribution in [2.24, 2.45) is 5.73 Å². The second-order valence-electron chi connectivity index (χ2n) is 3.16. The van der Waals surface area contributed by atoms with E-state index in [0.717, 1.165) is 13.0 Å². The van der Waals surface area contributed by atoms with Crippen LogP contribution in [0.15, 0.2) is 35.0 Å². The minimum absolute atomic E-state index is 0.514. The van der Waals surface area contributed by atoms with Crippen molar-refractivity contribution in [3.8, 4) is 0 Å². The number of hydrogen-bond acceptors (Lipinski definition) is 3. The van der Waals surface area contributed by atoms with Gasteiger partial charge in [0, 0.05) is 15.7 Å². The quantitative estimate of drug-likeness (QED) is 0.845. The lowest BCUT2D eigenvalue weighted by molar-refractivity contribution is 0.749. The molecule has 0 amide bonds. The van der Waals surface area contributed by atoms with Gasteiger partial charge in [0.2, 0.25) is 0 Å². The molecule has 0 aliphatic rings. The summed E-state index contributed by atoms with van der Waals surface area (Å²) in [6.07, 6.45) is 1.04. The average molecular weight is 223 g/mol. The van der Waals surface area contributed by atoms with Crippen LogP contribution in [-0.4, -0.2) is 6.54 Å². The van der Waals surface area contributed by atoms with E-state index in [1.165, 1.54) is 9.75 Å². The maximum absolute atomic E-state index is 5.65. The molecule has 0 fully saturated rings. The Balaban J connectivity index is 2.25. The van der Waals surface area contributed by atoms with Crippen LogP contribution in [0.25, 0.3) is 0 Å². The Hall–Kier alpha value is -0.640. The van der Waals surface area contributed by atoms with Crippen LogP contribution >= 0.6 is 22.7 Å². The molecule has 0 unspecified atom stereocenters. The molecule has 0 aliphatic carbocycles. The van der Waals surface area contributed by atoms with Crippen LogP contribution in [0.1, 0.15) is 22.1 Å². The normalized spacial score (nSPS) is 11.0. The molecule has 14 heavy (non-hydrogen) atoms. The molecule has 3 heteroatoms. The third kappa shape index (κ3) is 2.05. The molecular formula is C11H13NS2. The number of thiophene rings is 2. The van der Waals surface area contributed by atoms with E-state index < -0.39 is 0 Å². The minimum Gasteiger partial charge on any atom is -0.330 e. The van der Waals surface area contributed by atoms with Crippen LogP contribution in [0.2, 0.25) is 0 Å². The Bertz CT molecular complexity index is 316. The lowest BCUT2D eigenvalue weighted by Gasteiger charge is -2.11. The van der Waals surface area contributed by atoms with Gasteiger partial charge in [0.1, 0.15) is 0 Å². The number of hydrogen-bond donors (Lipinski definition) is 1. The first kappa shape index (κ1) is 9.90. The summed E-state index contributed by atoms with van der Waals surface area (Å²) in [6.45, 7) is 0.750. The summed E-state index contributed by atoms with van der Waals surface area (Å²) in [5, 5.41) is 4.26. The van der Waals surface area contributed by atoms with Crippen LogP contribution in [0, 0.1) is 0 Å². The topological polar surface area (TPSA) is 26.0 Å². The fourth-order valence-electron chi connectivity index (χ4n) is 1.57. The molecule has 0 atom stereocenters. The summed E-state index contributed by atoms with van der Waals surface area (Å²) in [6, 6.07) is 8.61. The van der Waals surface area contributed by atoms with Crippen molar-refractivity contribution in [3.05, 3.63) is 44.8 Å². The van der Waals surface area contributed by atoms with Gasteiger partial charge in [-0.1, -0.05) is 12.1 Å². The first-order chi connectivity index (χ1) is 6.92. The Morgan fingerprint density at radius 1 is 1.07 bits per heavy atom. The molecule has 0 spiro atoms. The van der Waals surface area contributed by atoms with E-state index in [-0.39, 0.29) is 0 Å². The number of rotatable bonds is 4. The van der Waals surface area contributed by atoms with Gasteiger partial charge in [0.25, 0.3) is 0 Å². The van der Waals surface area contributed by atoms with Crippen LogP contribution < -0.4 is 5.73 Å². The average Bonchev–Trinajstić information content (AvgIpc) is 2.87. The predicted molar refractivity (Wildman–Crippen MR) is 64.2 cm³/mol. The standard InChI is InChI=1S/C11H13NS2/c12-6-5-9(10-3-1-7-13-10)11-4-2-8-14-11/h1-4,7-9H,5-6,12H2. The zero-order valence-corrected chi connectivity index (χ0v) is 9.48. The van der Waals surface area contributed by atoms with Crippen molar-refractivity contribution >= 4 is 22.7 Å². The summed E-state index contributed by atoms with van der Waals surface area (Å²) in [5.74, 6) is 0.514. The molecule has 0 aliphatic heterocycles. The van der Waals surface area contributed by atoms with E-state index in [0.29, 0.717) is 5.92 Å². The third-order valence-corrected chi connectivity index (χ3v) is 4.20. The third-order valence-electron chi connectivity index (χ3n) is 2.23. The first-order valence-electron chi connectivity index (χ1n) is 4.68. The fourth-order valence-corrected chi connectivity index (χ4v) is 3.41. The first-order valence-corrected chi connectivity index (χ1v) is 6.44. The maximum atomic E-state index is 5.65. The van der Waals surface area contributed by atoms with Crippen LogP contribution in [0.4, 0.5) is 0 Å². The van der Waals surface area contributed by atoms with Crippen molar-refractivity contribution in [1.29, 1.82) is 0 Å². The minimum atomic E-state index is 0.514. The highest BCUT2D eigenvalue weighted by Gasteiger charge is 2.14. The van der Waals surface area contributed by atoms with E-state index >= 15 is 0 Å². The lowest BCUT2D eigenvalue weighted by atomic mass is 10.0. The Morgan fingerprint density at radius 2 is 1.64 bits per heavy atom. The molecule has 0 bridgehead atoms. The molecule has 2 N–H and O–H groups in total. The fraction of sp³-hybridized carbons (Fsp3) is 0.273. The van der Waals surface area contributed by atoms with Gasteiger partial charge in [-0.15, -0.1) is 22.7 Å². The van der Waals surface area contributed by atoms with Gasteiger partial charge in [0.05, 0.1) is 0 Å². The monoisotopic (exact) mass is 223 g/mol. The van der Waals surface area contributed by atoms with E-state index in [9.17, 15) is 0 Å². The highest BCUT2D eigenvalue weighted by Crippen LogP contribution is 2.33. The maximum Gasteiger partial charge on any atom is 0.0289 e. The van der Waals surface area contributed by atoms with Gasteiger partial charge >= 0.3 is 0 Å². The molecule has 2 heterocycles. The molecule has 0 saturated heterocycles. The van der Waals surface area contributed by atoms with Crippen LogP contribution in [0.5, 0.6) is 0 Å². The van der Waals surface area contributed by atoms with Gasteiger partial charge < -0.3 is 5.73 Å². The lowest BCUT2D eigenvalue weighted by Crippen LogP contribution is -2.06. The smallest absolute Gasteiger partial charge is 0.0289 e. The van der Waals surface area contributed by atoms with E-state index in [4.69, 9.17) is 5.73 Å². The summed E-state index contributed by atoms with van der Waals surface area (Å²) in [4.78, 5) is 2.86. The van der Waals surface area contributed by atoms with Crippen molar-refractivity contribution in [3.63, 3.8) is 0 Å². The zero-order chi connectivity index (χ0) is 9.80. The molecule has 2 aromatic heterocycles. The molecule has 0 aromatic carbocycles. The predicted octanol–water partition coefficient (Wildman–Crippen LogP) is 3.29. The summed E-state index contributed by atoms with van der Waals surface area (Å²) in [5.41, 5.74) is 5.65. The molecule has 74 valence electrons. The van der Waals surface area contributed by atoms with E-state index in [1.54, 1.807) is 0 Å². The Kier molecular flexibility index (Phi) is 3.35.